The molecule has 2 atom stereocenters. The van der Waals surface area contributed by atoms with E-state index in [1.807, 2.05) is 12.5 Å². The molecule has 1 aromatic rings. The van der Waals surface area contributed by atoms with Gasteiger partial charge in [-0.1, -0.05) is 6.92 Å². The fraction of sp³-hybridized carbons (Fsp3) is 0.727. The minimum Gasteiger partial charge on any atom is -0.396 e. The SMILES string of the molecule is CCC(N)C(CCO)c1cncn1CC. The van der Waals surface area contributed by atoms with E-state index in [0.717, 1.165) is 18.7 Å². The topological polar surface area (TPSA) is 64.1 Å². The van der Waals surface area contributed by atoms with Gasteiger partial charge in [-0.05, 0) is 19.8 Å². The van der Waals surface area contributed by atoms with Gasteiger partial charge < -0.3 is 15.4 Å². The molecule has 0 aliphatic rings. The number of imidazole rings is 1. The third-order valence-electron chi connectivity index (χ3n) is 2.89. The average molecular weight is 211 g/mol. The Balaban J connectivity index is 2.87. The van der Waals surface area contributed by atoms with Crippen molar-refractivity contribution in [2.75, 3.05) is 6.61 Å². The molecule has 4 heteroatoms. The maximum Gasteiger partial charge on any atom is 0.0948 e. The van der Waals surface area contributed by atoms with Gasteiger partial charge >= 0.3 is 0 Å². The number of aliphatic hydroxyl groups excluding tert-OH is 1. The number of nitrogens with two attached hydrogens (primary N) is 1. The highest BCUT2D eigenvalue weighted by Crippen LogP contribution is 2.23. The van der Waals surface area contributed by atoms with Gasteiger partial charge in [-0.3, -0.25) is 0 Å². The van der Waals surface area contributed by atoms with Gasteiger partial charge in [0.05, 0.1) is 6.33 Å². The predicted octanol–water partition coefficient (Wildman–Crippen LogP) is 1.11. The number of nitrogens with zero attached hydrogens (tertiary/aromatic N) is 2. The van der Waals surface area contributed by atoms with Crippen LogP contribution in [0.4, 0.5) is 0 Å². The minimum absolute atomic E-state index is 0.0964. The molecule has 0 aromatic carbocycles. The lowest BCUT2D eigenvalue weighted by Crippen LogP contribution is -2.29. The molecule has 0 aliphatic carbocycles. The van der Waals surface area contributed by atoms with E-state index in [9.17, 15) is 0 Å². The Hall–Kier alpha value is -0.870. The summed E-state index contributed by atoms with van der Waals surface area (Å²) in [5.74, 6) is 0.211. The van der Waals surface area contributed by atoms with Gasteiger partial charge in [-0.2, -0.15) is 0 Å². The highest BCUT2D eigenvalue weighted by Gasteiger charge is 2.20. The van der Waals surface area contributed by atoms with Crippen LogP contribution in [0, 0.1) is 0 Å². The molecule has 0 saturated heterocycles. The first-order chi connectivity index (χ1) is 7.24. The van der Waals surface area contributed by atoms with Crippen LogP contribution in [0.1, 0.15) is 38.3 Å². The maximum absolute atomic E-state index is 9.06. The molecule has 0 spiro atoms. The molecule has 2 unspecified atom stereocenters. The number of aliphatic hydroxyl groups is 1. The van der Waals surface area contributed by atoms with Crippen LogP contribution in [-0.2, 0) is 6.54 Å². The largest absolute Gasteiger partial charge is 0.396 e. The van der Waals surface area contributed by atoms with Crippen molar-refractivity contribution in [2.45, 2.75) is 45.2 Å². The van der Waals surface area contributed by atoms with Gasteiger partial charge in [0.15, 0.2) is 0 Å². The van der Waals surface area contributed by atoms with Gasteiger partial charge in [-0.25, -0.2) is 4.98 Å². The molecular formula is C11H21N3O. The van der Waals surface area contributed by atoms with E-state index in [4.69, 9.17) is 10.8 Å². The molecule has 1 heterocycles. The molecule has 86 valence electrons. The van der Waals surface area contributed by atoms with Crippen LogP contribution in [0.5, 0.6) is 0 Å². The van der Waals surface area contributed by atoms with Gasteiger partial charge in [-0.15, -0.1) is 0 Å². The van der Waals surface area contributed by atoms with E-state index in [1.54, 1.807) is 0 Å². The Morgan fingerprint density at radius 3 is 2.80 bits per heavy atom. The van der Waals surface area contributed by atoms with Gasteiger partial charge in [0.25, 0.3) is 0 Å². The molecule has 0 aliphatic heterocycles. The van der Waals surface area contributed by atoms with Crippen molar-refractivity contribution in [3.8, 4) is 0 Å². The Labute approximate surface area is 91.1 Å². The van der Waals surface area contributed by atoms with Crippen molar-refractivity contribution in [3.05, 3.63) is 18.2 Å². The summed E-state index contributed by atoms with van der Waals surface area (Å²) in [6.45, 7) is 5.22. The number of hydrogen-bond donors (Lipinski definition) is 2. The summed E-state index contributed by atoms with van der Waals surface area (Å²) in [6.07, 6.45) is 5.31. The van der Waals surface area contributed by atoms with Gasteiger partial charge in [0.1, 0.15) is 0 Å². The van der Waals surface area contributed by atoms with E-state index < -0.39 is 0 Å². The van der Waals surface area contributed by atoms with Crippen LogP contribution in [-0.4, -0.2) is 27.3 Å². The zero-order valence-corrected chi connectivity index (χ0v) is 9.56. The second-order valence-electron chi connectivity index (χ2n) is 3.80. The Morgan fingerprint density at radius 2 is 2.27 bits per heavy atom. The summed E-state index contributed by atoms with van der Waals surface area (Å²) in [5, 5.41) is 9.06. The van der Waals surface area contributed by atoms with Crippen molar-refractivity contribution in [1.82, 2.24) is 9.55 Å². The minimum atomic E-state index is 0.0964. The van der Waals surface area contributed by atoms with Crippen LogP contribution in [0.2, 0.25) is 0 Å². The Bertz CT molecular complexity index is 285. The smallest absolute Gasteiger partial charge is 0.0948 e. The molecule has 0 radical (unpaired) electrons. The number of aryl methyl sites for hydroxylation is 1. The molecule has 15 heavy (non-hydrogen) atoms. The standard InChI is InChI=1S/C11H21N3O/c1-3-10(12)9(5-6-15)11-7-13-8-14(11)4-2/h7-10,15H,3-6,12H2,1-2H3. The monoisotopic (exact) mass is 211 g/mol. The first kappa shape index (κ1) is 12.2. The summed E-state index contributed by atoms with van der Waals surface area (Å²) < 4.78 is 2.09. The molecular weight excluding hydrogens is 190 g/mol. The van der Waals surface area contributed by atoms with Crippen molar-refractivity contribution in [2.24, 2.45) is 5.73 Å². The molecule has 1 rings (SSSR count). The van der Waals surface area contributed by atoms with Crippen LogP contribution >= 0.6 is 0 Å². The average Bonchev–Trinajstić information content (AvgIpc) is 2.72. The van der Waals surface area contributed by atoms with Crippen LogP contribution in [0.25, 0.3) is 0 Å². The van der Waals surface area contributed by atoms with Crippen LogP contribution < -0.4 is 5.73 Å². The van der Waals surface area contributed by atoms with E-state index in [1.165, 1.54) is 0 Å². The second-order valence-corrected chi connectivity index (χ2v) is 3.80. The quantitative estimate of drug-likeness (QED) is 0.740. The lowest BCUT2D eigenvalue weighted by atomic mass is 9.92. The normalized spacial score (nSPS) is 15.2. The summed E-state index contributed by atoms with van der Waals surface area (Å²) >= 11 is 0. The molecule has 0 amide bonds. The van der Waals surface area contributed by atoms with E-state index in [0.29, 0.717) is 6.42 Å². The molecule has 4 nitrogen and oxygen atoms in total. The summed E-state index contributed by atoms with van der Waals surface area (Å²) in [6, 6.07) is 0.0964. The molecule has 0 saturated carbocycles. The van der Waals surface area contributed by atoms with E-state index in [-0.39, 0.29) is 18.6 Å². The fourth-order valence-electron chi connectivity index (χ4n) is 1.91. The number of rotatable bonds is 6. The lowest BCUT2D eigenvalue weighted by Gasteiger charge is -2.23. The van der Waals surface area contributed by atoms with Gasteiger partial charge in [0.2, 0.25) is 0 Å². The lowest BCUT2D eigenvalue weighted by molar-refractivity contribution is 0.263. The molecule has 3 N–H and O–H groups in total. The summed E-state index contributed by atoms with van der Waals surface area (Å²) in [7, 11) is 0. The van der Waals surface area contributed by atoms with Crippen molar-refractivity contribution >= 4 is 0 Å². The first-order valence-electron chi connectivity index (χ1n) is 5.61. The van der Waals surface area contributed by atoms with Crippen LogP contribution in [0.15, 0.2) is 12.5 Å². The molecule has 1 aromatic heterocycles. The third-order valence-corrected chi connectivity index (χ3v) is 2.89. The van der Waals surface area contributed by atoms with Gasteiger partial charge in [0, 0.05) is 37.0 Å². The maximum atomic E-state index is 9.06. The highest BCUT2D eigenvalue weighted by atomic mass is 16.3. The van der Waals surface area contributed by atoms with Crippen LogP contribution in [0.3, 0.4) is 0 Å². The number of hydrogen-bond acceptors (Lipinski definition) is 3. The van der Waals surface area contributed by atoms with E-state index >= 15 is 0 Å². The Morgan fingerprint density at radius 1 is 1.53 bits per heavy atom. The van der Waals surface area contributed by atoms with Crippen molar-refractivity contribution in [1.29, 1.82) is 0 Å². The third kappa shape index (κ3) is 2.79. The zero-order valence-electron chi connectivity index (χ0n) is 9.56. The highest BCUT2D eigenvalue weighted by molar-refractivity contribution is 5.09. The number of aromatic nitrogens is 2. The molecule has 0 bridgehead atoms. The summed E-state index contributed by atoms with van der Waals surface area (Å²) in [5.41, 5.74) is 7.21. The summed E-state index contributed by atoms with van der Waals surface area (Å²) in [4.78, 5) is 4.14. The molecule has 0 fully saturated rings. The second kappa shape index (κ2) is 5.88. The fourth-order valence-corrected chi connectivity index (χ4v) is 1.91. The van der Waals surface area contributed by atoms with E-state index in [2.05, 4.69) is 23.4 Å². The predicted molar refractivity (Wildman–Crippen MR) is 60.6 cm³/mol. The first-order valence-corrected chi connectivity index (χ1v) is 5.61. The Kier molecular flexibility index (Phi) is 4.78. The zero-order chi connectivity index (χ0) is 11.3. The van der Waals surface area contributed by atoms with Crippen molar-refractivity contribution in [3.63, 3.8) is 0 Å². The van der Waals surface area contributed by atoms with Crippen molar-refractivity contribution < 1.29 is 5.11 Å².